The van der Waals surface area contributed by atoms with Gasteiger partial charge in [0, 0.05) is 0 Å². The Balaban J connectivity index is 4.32. The molecule has 2 unspecified atom stereocenters. The number of hydrogen-bond acceptors (Lipinski definition) is 2. The largest absolute Gasteiger partial charge is 0.480 e. The molecule has 2 N–H and O–H groups in total. The molecule has 0 bridgehead atoms. The van der Waals surface area contributed by atoms with E-state index in [1.165, 1.54) is 0 Å². The minimum Gasteiger partial charge on any atom is -0.480 e. The predicted octanol–water partition coefficient (Wildman–Crippen LogP) is 2.51. The summed E-state index contributed by atoms with van der Waals surface area (Å²) in [4.78, 5) is 11.2. The Morgan fingerprint density at radius 3 is 2.27 bits per heavy atom. The van der Waals surface area contributed by atoms with Crippen LogP contribution in [0.4, 0.5) is 0 Å². The Hall–Kier alpha value is -0.570. The van der Waals surface area contributed by atoms with E-state index in [0.29, 0.717) is 18.3 Å². The summed E-state index contributed by atoms with van der Waals surface area (Å²) in [6, 6.07) is 0. The van der Waals surface area contributed by atoms with Crippen molar-refractivity contribution < 1.29 is 9.90 Å². The molecule has 3 heteroatoms. The van der Waals surface area contributed by atoms with Crippen LogP contribution in [0.15, 0.2) is 0 Å². The molecular weight excluding hydrogens is 190 g/mol. The van der Waals surface area contributed by atoms with Crippen molar-refractivity contribution in [3.05, 3.63) is 0 Å². The van der Waals surface area contributed by atoms with Crippen molar-refractivity contribution >= 4 is 5.97 Å². The van der Waals surface area contributed by atoms with Gasteiger partial charge in [-0.25, -0.2) is 0 Å². The van der Waals surface area contributed by atoms with Crippen LogP contribution in [0.1, 0.15) is 47.5 Å². The van der Waals surface area contributed by atoms with Gasteiger partial charge in [0.1, 0.15) is 5.54 Å². The lowest BCUT2D eigenvalue weighted by molar-refractivity contribution is -0.145. The van der Waals surface area contributed by atoms with Gasteiger partial charge in [0.15, 0.2) is 0 Å². The fraction of sp³-hybridized carbons (Fsp3) is 0.917. The lowest BCUT2D eigenvalue weighted by atomic mass is 9.90. The molecule has 0 aromatic heterocycles. The Labute approximate surface area is 93.3 Å². The molecule has 3 nitrogen and oxygen atoms in total. The third kappa shape index (κ3) is 5.17. The monoisotopic (exact) mass is 215 g/mol. The van der Waals surface area contributed by atoms with Crippen LogP contribution in [0, 0.1) is 11.8 Å². The number of carboxylic acids is 1. The topological polar surface area (TPSA) is 49.3 Å². The summed E-state index contributed by atoms with van der Waals surface area (Å²) in [6.45, 7) is 10.9. The van der Waals surface area contributed by atoms with E-state index in [4.69, 9.17) is 0 Å². The summed E-state index contributed by atoms with van der Waals surface area (Å²) in [7, 11) is 0. The zero-order chi connectivity index (χ0) is 12.1. The van der Waals surface area contributed by atoms with Gasteiger partial charge in [0.25, 0.3) is 0 Å². The summed E-state index contributed by atoms with van der Waals surface area (Å²) in [5, 5.41) is 12.4. The fourth-order valence-corrected chi connectivity index (χ4v) is 1.60. The molecule has 0 radical (unpaired) electrons. The SMILES string of the molecule is CCC(C)CNC(C)(CC(C)C)C(=O)O. The third-order valence-corrected chi connectivity index (χ3v) is 2.83. The van der Waals surface area contributed by atoms with Crippen molar-refractivity contribution in [2.24, 2.45) is 11.8 Å². The summed E-state index contributed by atoms with van der Waals surface area (Å²) in [5.41, 5.74) is -0.780. The van der Waals surface area contributed by atoms with Crippen molar-refractivity contribution in [3.8, 4) is 0 Å². The van der Waals surface area contributed by atoms with Gasteiger partial charge in [0.05, 0.1) is 0 Å². The predicted molar refractivity (Wildman–Crippen MR) is 63.0 cm³/mol. The van der Waals surface area contributed by atoms with Crippen molar-refractivity contribution in [2.75, 3.05) is 6.54 Å². The minimum absolute atomic E-state index is 0.385. The van der Waals surface area contributed by atoms with Gasteiger partial charge in [-0.3, -0.25) is 4.79 Å². The second-order valence-electron chi connectivity index (χ2n) is 5.13. The standard InChI is InChI=1S/C12H25NO2/c1-6-10(4)8-13-12(5,11(14)15)7-9(2)3/h9-10,13H,6-8H2,1-5H3,(H,14,15). The van der Waals surface area contributed by atoms with Gasteiger partial charge in [-0.1, -0.05) is 34.1 Å². The Kier molecular flexibility index (Phi) is 5.88. The van der Waals surface area contributed by atoms with E-state index in [2.05, 4.69) is 19.2 Å². The van der Waals surface area contributed by atoms with Crippen LogP contribution in [-0.4, -0.2) is 23.2 Å². The molecule has 0 aliphatic rings. The van der Waals surface area contributed by atoms with E-state index in [1.54, 1.807) is 6.92 Å². The van der Waals surface area contributed by atoms with Gasteiger partial charge < -0.3 is 10.4 Å². The first kappa shape index (κ1) is 14.4. The van der Waals surface area contributed by atoms with Crippen LogP contribution < -0.4 is 5.32 Å². The zero-order valence-electron chi connectivity index (χ0n) is 10.6. The molecule has 0 aromatic carbocycles. The number of aliphatic carboxylic acids is 1. The Morgan fingerprint density at radius 1 is 1.40 bits per heavy atom. The van der Waals surface area contributed by atoms with Crippen molar-refractivity contribution in [2.45, 2.75) is 53.0 Å². The molecule has 0 amide bonds. The molecule has 0 rings (SSSR count). The average Bonchev–Trinajstić information content (AvgIpc) is 2.12. The maximum absolute atomic E-state index is 11.2. The Morgan fingerprint density at radius 2 is 1.93 bits per heavy atom. The van der Waals surface area contributed by atoms with E-state index in [0.717, 1.165) is 13.0 Å². The second kappa shape index (κ2) is 6.11. The highest BCUT2D eigenvalue weighted by atomic mass is 16.4. The minimum atomic E-state index is -0.780. The molecule has 0 saturated heterocycles. The van der Waals surface area contributed by atoms with Crippen LogP contribution in [0.25, 0.3) is 0 Å². The van der Waals surface area contributed by atoms with Gasteiger partial charge in [0.2, 0.25) is 0 Å². The van der Waals surface area contributed by atoms with Gasteiger partial charge in [-0.15, -0.1) is 0 Å². The summed E-state index contributed by atoms with van der Waals surface area (Å²) in [5.74, 6) is 0.158. The summed E-state index contributed by atoms with van der Waals surface area (Å²) >= 11 is 0. The Bertz CT molecular complexity index is 204. The normalized spacial score (nSPS) is 17.5. The number of hydrogen-bond donors (Lipinski definition) is 2. The molecule has 2 atom stereocenters. The van der Waals surface area contributed by atoms with E-state index in [9.17, 15) is 9.90 Å². The molecule has 0 spiro atoms. The summed E-state index contributed by atoms with van der Waals surface area (Å²) < 4.78 is 0. The first-order valence-corrected chi connectivity index (χ1v) is 5.80. The van der Waals surface area contributed by atoms with Crippen LogP contribution in [0.2, 0.25) is 0 Å². The fourth-order valence-electron chi connectivity index (χ4n) is 1.60. The highest BCUT2D eigenvalue weighted by Gasteiger charge is 2.33. The average molecular weight is 215 g/mol. The van der Waals surface area contributed by atoms with Crippen LogP contribution in [-0.2, 0) is 4.79 Å². The molecule has 15 heavy (non-hydrogen) atoms. The number of carboxylic acid groups (broad SMARTS) is 1. The number of carbonyl (C=O) groups is 1. The molecule has 0 heterocycles. The van der Waals surface area contributed by atoms with Gasteiger partial charge in [-0.2, -0.15) is 0 Å². The van der Waals surface area contributed by atoms with Crippen molar-refractivity contribution in [3.63, 3.8) is 0 Å². The number of rotatable bonds is 7. The van der Waals surface area contributed by atoms with Crippen LogP contribution >= 0.6 is 0 Å². The first-order chi connectivity index (χ1) is 6.81. The van der Waals surface area contributed by atoms with E-state index in [-0.39, 0.29) is 0 Å². The van der Waals surface area contributed by atoms with Gasteiger partial charge >= 0.3 is 5.97 Å². The maximum Gasteiger partial charge on any atom is 0.323 e. The zero-order valence-corrected chi connectivity index (χ0v) is 10.6. The highest BCUT2D eigenvalue weighted by molar-refractivity contribution is 5.78. The molecular formula is C12H25NO2. The lowest BCUT2D eigenvalue weighted by Gasteiger charge is -2.29. The highest BCUT2D eigenvalue weighted by Crippen LogP contribution is 2.17. The van der Waals surface area contributed by atoms with E-state index in [1.807, 2.05) is 13.8 Å². The van der Waals surface area contributed by atoms with Crippen LogP contribution in [0.5, 0.6) is 0 Å². The molecule has 0 aromatic rings. The molecule has 0 aliphatic heterocycles. The maximum atomic E-state index is 11.2. The lowest BCUT2D eigenvalue weighted by Crippen LogP contribution is -2.51. The first-order valence-electron chi connectivity index (χ1n) is 5.80. The second-order valence-corrected chi connectivity index (χ2v) is 5.13. The van der Waals surface area contributed by atoms with Crippen molar-refractivity contribution in [1.82, 2.24) is 5.32 Å². The smallest absolute Gasteiger partial charge is 0.323 e. The molecule has 0 saturated carbocycles. The molecule has 0 fully saturated rings. The number of nitrogens with one attached hydrogen (secondary N) is 1. The molecule has 90 valence electrons. The third-order valence-electron chi connectivity index (χ3n) is 2.83. The quantitative estimate of drug-likeness (QED) is 0.686. The molecule has 0 aliphatic carbocycles. The van der Waals surface area contributed by atoms with Crippen molar-refractivity contribution in [1.29, 1.82) is 0 Å². The summed E-state index contributed by atoms with van der Waals surface area (Å²) in [6.07, 6.45) is 1.74. The van der Waals surface area contributed by atoms with Crippen LogP contribution in [0.3, 0.4) is 0 Å². The van der Waals surface area contributed by atoms with Gasteiger partial charge in [-0.05, 0) is 31.7 Å². The van der Waals surface area contributed by atoms with E-state index < -0.39 is 11.5 Å². The van der Waals surface area contributed by atoms with E-state index >= 15 is 0 Å².